The maximum atomic E-state index is 12.0. The van der Waals surface area contributed by atoms with Gasteiger partial charge in [0.2, 0.25) is 10.0 Å². The zero-order valence-electron chi connectivity index (χ0n) is 11.5. The Morgan fingerprint density at radius 1 is 1.10 bits per heavy atom. The number of hydrogen-bond acceptors (Lipinski definition) is 5. The van der Waals surface area contributed by atoms with Gasteiger partial charge in [0.15, 0.2) is 0 Å². The number of aromatic hydroxyl groups is 1. The normalized spacial score (nSPS) is 16.9. The van der Waals surface area contributed by atoms with Crippen molar-refractivity contribution in [3.05, 3.63) is 24.3 Å². The number of carbonyl (C=O) groups is 1. The van der Waals surface area contributed by atoms with Gasteiger partial charge < -0.3 is 15.1 Å². The summed E-state index contributed by atoms with van der Waals surface area (Å²) in [6, 6.07) is 6.74. The highest BCUT2D eigenvalue weighted by molar-refractivity contribution is 7.89. The summed E-state index contributed by atoms with van der Waals surface area (Å²) in [5.74, 6) is -1.28. The molecule has 0 unspecified atom stereocenters. The summed E-state index contributed by atoms with van der Waals surface area (Å²) >= 11 is 0. The summed E-state index contributed by atoms with van der Waals surface area (Å²) in [4.78, 5) is 12.5. The molecule has 0 atom stereocenters. The van der Waals surface area contributed by atoms with Crippen molar-refractivity contribution >= 4 is 21.7 Å². The molecule has 116 valence electrons. The van der Waals surface area contributed by atoms with Gasteiger partial charge >= 0.3 is 5.97 Å². The fourth-order valence-corrected chi connectivity index (χ4v) is 3.64. The Morgan fingerprint density at radius 3 is 2.19 bits per heavy atom. The van der Waals surface area contributed by atoms with Crippen LogP contribution in [0.4, 0.5) is 5.69 Å². The van der Waals surface area contributed by atoms with Crippen molar-refractivity contribution in [1.29, 1.82) is 0 Å². The topological polar surface area (TPSA) is 98.1 Å². The predicted octanol–water partition coefficient (Wildman–Crippen LogP) is 0.319. The molecule has 8 heteroatoms. The third-order valence-corrected chi connectivity index (χ3v) is 5.29. The molecule has 0 bridgehead atoms. The van der Waals surface area contributed by atoms with Gasteiger partial charge in [-0.1, -0.05) is 0 Å². The Labute approximate surface area is 123 Å². The largest absolute Gasteiger partial charge is 0.508 e. The van der Waals surface area contributed by atoms with Crippen LogP contribution < -0.4 is 4.90 Å². The highest BCUT2D eigenvalue weighted by Crippen LogP contribution is 2.20. The van der Waals surface area contributed by atoms with Gasteiger partial charge in [0, 0.05) is 31.9 Å². The maximum absolute atomic E-state index is 12.0. The van der Waals surface area contributed by atoms with Crippen LogP contribution in [0.1, 0.15) is 6.42 Å². The Balaban J connectivity index is 1.93. The summed E-state index contributed by atoms with van der Waals surface area (Å²) in [5.41, 5.74) is 0.926. The van der Waals surface area contributed by atoms with Crippen molar-refractivity contribution < 1.29 is 23.4 Å². The second kappa shape index (κ2) is 6.31. The zero-order chi connectivity index (χ0) is 15.5. The van der Waals surface area contributed by atoms with Crippen LogP contribution in [-0.2, 0) is 14.8 Å². The molecule has 0 aliphatic carbocycles. The number of phenols is 1. The van der Waals surface area contributed by atoms with Crippen LogP contribution in [-0.4, -0.2) is 60.8 Å². The molecule has 1 aliphatic rings. The first-order valence-electron chi connectivity index (χ1n) is 6.62. The second-order valence-corrected chi connectivity index (χ2v) is 6.95. The molecule has 0 saturated carbocycles. The predicted molar refractivity (Wildman–Crippen MR) is 77.9 cm³/mol. The molecule has 0 aromatic heterocycles. The number of aliphatic carboxylic acids is 1. The lowest BCUT2D eigenvalue weighted by molar-refractivity contribution is -0.136. The second-order valence-electron chi connectivity index (χ2n) is 4.86. The monoisotopic (exact) mass is 314 g/mol. The van der Waals surface area contributed by atoms with Crippen molar-refractivity contribution in [3.8, 4) is 5.75 Å². The van der Waals surface area contributed by atoms with Crippen LogP contribution in [0.15, 0.2) is 24.3 Å². The van der Waals surface area contributed by atoms with E-state index in [1.165, 1.54) is 4.31 Å². The maximum Gasteiger partial charge on any atom is 0.304 e. The van der Waals surface area contributed by atoms with Crippen LogP contribution in [0, 0.1) is 0 Å². The SMILES string of the molecule is O=C(O)CCS(=O)(=O)N1CCN(c2ccc(O)cc2)CC1. The van der Waals surface area contributed by atoms with Crippen molar-refractivity contribution in [2.24, 2.45) is 0 Å². The van der Waals surface area contributed by atoms with E-state index >= 15 is 0 Å². The third-order valence-electron chi connectivity index (χ3n) is 3.42. The van der Waals surface area contributed by atoms with Gasteiger partial charge in [0.05, 0.1) is 12.2 Å². The number of carboxylic acid groups (broad SMARTS) is 1. The average molecular weight is 314 g/mol. The molecule has 7 nitrogen and oxygen atoms in total. The summed E-state index contributed by atoms with van der Waals surface area (Å²) in [6.07, 6.45) is -0.374. The quantitative estimate of drug-likeness (QED) is 0.812. The Hall–Kier alpha value is -1.80. The lowest BCUT2D eigenvalue weighted by atomic mass is 10.2. The van der Waals surface area contributed by atoms with E-state index in [0.717, 1.165) is 5.69 Å². The van der Waals surface area contributed by atoms with E-state index in [9.17, 15) is 18.3 Å². The molecule has 1 heterocycles. The van der Waals surface area contributed by atoms with Gasteiger partial charge in [0.25, 0.3) is 0 Å². The van der Waals surface area contributed by atoms with Crippen LogP contribution >= 0.6 is 0 Å². The fourth-order valence-electron chi connectivity index (χ4n) is 2.23. The first-order valence-corrected chi connectivity index (χ1v) is 8.23. The number of benzene rings is 1. The fraction of sp³-hybridized carbons (Fsp3) is 0.462. The van der Waals surface area contributed by atoms with E-state index in [0.29, 0.717) is 26.2 Å². The molecule has 0 amide bonds. The molecular formula is C13H18N2O5S. The molecule has 1 fully saturated rings. The first kappa shape index (κ1) is 15.6. The zero-order valence-corrected chi connectivity index (χ0v) is 12.3. The number of piperazine rings is 1. The van der Waals surface area contributed by atoms with Crippen LogP contribution in [0.5, 0.6) is 5.75 Å². The lowest BCUT2D eigenvalue weighted by Crippen LogP contribution is -2.49. The summed E-state index contributed by atoms with van der Waals surface area (Å²) in [7, 11) is -3.50. The minimum Gasteiger partial charge on any atom is -0.508 e. The van der Waals surface area contributed by atoms with E-state index in [4.69, 9.17) is 5.11 Å². The van der Waals surface area contributed by atoms with Gasteiger partial charge in [-0.15, -0.1) is 0 Å². The van der Waals surface area contributed by atoms with E-state index in [1.807, 2.05) is 4.90 Å². The highest BCUT2D eigenvalue weighted by atomic mass is 32.2. The number of nitrogens with zero attached hydrogens (tertiary/aromatic N) is 2. The van der Waals surface area contributed by atoms with E-state index in [-0.39, 0.29) is 17.9 Å². The standard InChI is InChI=1S/C13H18N2O5S/c16-12-3-1-11(2-4-12)14-6-8-15(9-7-14)21(19,20)10-5-13(17)18/h1-4,16H,5-10H2,(H,17,18). The first-order chi connectivity index (χ1) is 9.88. The Kier molecular flexibility index (Phi) is 4.69. The summed E-state index contributed by atoms with van der Waals surface area (Å²) in [6.45, 7) is 1.75. The number of sulfonamides is 1. The van der Waals surface area contributed by atoms with E-state index in [1.54, 1.807) is 24.3 Å². The number of anilines is 1. The van der Waals surface area contributed by atoms with Gasteiger partial charge in [-0.2, -0.15) is 4.31 Å². The Morgan fingerprint density at radius 2 is 1.67 bits per heavy atom. The summed E-state index contributed by atoms with van der Waals surface area (Å²) in [5, 5.41) is 17.8. The molecule has 2 N–H and O–H groups in total. The average Bonchev–Trinajstić information content (AvgIpc) is 2.46. The minimum absolute atomic E-state index is 0.189. The van der Waals surface area contributed by atoms with E-state index < -0.39 is 16.0 Å². The Bertz CT molecular complexity index is 591. The number of rotatable bonds is 5. The molecule has 1 saturated heterocycles. The third kappa shape index (κ3) is 4.08. The lowest BCUT2D eigenvalue weighted by Gasteiger charge is -2.35. The number of carboxylic acids is 1. The van der Waals surface area contributed by atoms with E-state index in [2.05, 4.69) is 0 Å². The molecule has 1 aliphatic heterocycles. The van der Waals surface area contributed by atoms with Crippen molar-refractivity contribution in [1.82, 2.24) is 4.31 Å². The van der Waals surface area contributed by atoms with Crippen molar-refractivity contribution in [2.75, 3.05) is 36.8 Å². The van der Waals surface area contributed by atoms with Crippen LogP contribution in [0.25, 0.3) is 0 Å². The number of hydrogen-bond donors (Lipinski definition) is 2. The molecule has 0 spiro atoms. The molecule has 1 aromatic carbocycles. The minimum atomic E-state index is -3.50. The molecule has 2 rings (SSSR count). The molecule has 1 aromatic rings. The number of phenolic OH excluding ortho intramolecular Hbond substituents is 1. The summed E-state index contributed by atoms with van der Waals surface area (Å²) < 4.78 is 25.3. The molecular weight excluding hydrogens is 296 g/mol. The van der Waals surface area contributed by atoms with Crippen molar-refractivity contribution in [3.63, 3.8) is 0 Å². The van der Waals surface area contributed by atoms with Gasteiger partial charge in [-0.05, 0) is 24.3 Å². The van der Waals surface area contributed by atoms with Gasteiger partial charge in [-0.3, -0.25) is 4.79 Å². The molecule has 0 radical (unpaired) electrons. The van der Waals surface area contributed by atoms with Gasteiger partial charge in [-0.25, -0.2) is 8.42 Å². The smallest absolute Gasteiger partial charge is 0.304 e. The highest BCUT2D eigenvalue weighted by Gasteiger charge is 2.27. The van der Waals surface area contributed by atoms with Gasteiger partial charge in [0.1, 0.15) is 5.75 Å². The van der Waals surface area contributed by atoms with Crippen LogP contribution in [0.2, 0.25) is 0 Å². The van der Waals surface area contributed by atoms with Crippen LogP contribution in [0.3, 0.4) is 0 Å². The molecule has 21 heavy (non-hydrogen) atoms. The van der Waals surface area contributed by atoms with Crippen molar-refractivity contribution in [2.45, 2.75) is 6.42 Å².